The van der Waals surface area contributed by atoms with Crippen molar-refractivity contribution >= 4 is 33.2 Å². The highest BCUT2D eigenvalue weighted by Gasteiger charge is 2.35. The van der Waals surface area contributed by atoms with Gasteiger partial charge in [0.15, 0.2) is 0 Å². The zero-order valence-corrected chi connectivity index (χ0v) is 20.5. The van der Waals surface area contributed by atoms with Crippen molar-refractivity contribution in [3.05, 3.63) is 48.0 Å². The molecule has 1 fully saturated rings. The van der Waals surface area contributed by atoms with E-state index in [-0.39, 0.29) is 35.8 Å². The first-order valence-corrected chi connectivity index (χ1v) is 12.9. The second-order valence-electron chi connectivity index (χ2n) is 8.97. The van der Waals surface area contributed by atoms with Crippen LogP contribution in [0, 0.1) is 5.92 Å². The SMILES string of the molecule is CC(=O)N1c2ccc(S(=O)(=O)N3CCC(C(=O)Nc4ccc(OC(F)(F)F)cc4)CC3)cc2C[C@@H]1C. The minimum atomic E-state index is -4.80. The number of piperidine rings is 1. The lowest BCUT2D eigenvalue weighted by molar-refractivity contribution is -0.274. The van der Waals surface area contributed by atoms with E-state index < -0.39 is 28.1 Å². The van der Waals surface area contributed by atoms with Gasteiger partial charge >= 0.3 is 6.36 Å². The monoisotopic (exact) mass is 525 g/mol. The molecule has 0 saturated carbocycles. The van der Waals surface area contributed by atoms with E-state index in [0.717, 1.165) is 23.4 Å². The number of ether oxygens (including phenoxy) is 1. The first-order valence-electron chi connectivity index (χ1n) is 11.4. The Morgan fingerprint density at radius 3 is 2.28 bits per heavy atom. The average molecular weight is 526 g/mol. The van der Waals surface area contributed by atoms with Crippen LogP contribution in [0.3, 0.4) is 0 Å². The molecule has 0 spiro atoms. The molecule has 194 valence electrons. The van der Waals surface area contributed by atoms with Gasteiger partial charge in [0.05, 0.1) is 4.90 Å². The second-order valence-corrected chi connectivity index (χ2v) is 10.9. The molecule has 2 aromatic rings. The Morgan fingerprint density at radius 2 is 1.69 bits per heavy atom. The third kappa shape index (κ3) is 5.49. The molecule has 8 nitrogen and oxygen atoms in total. The van der Waals surface area contributed by atoms with E-state index in [1.54, 1.807) is 17.0 Å². The van der Waals surface area contributed by atoms with Crippen LogP contribution in [0.25, 0.3) is 0 Å². The van der Waals surface area contributed by atoms with Crippen molar-refractivity contribution in [1.82, 2.24) is 4.31 Å². The molecule has 1 N–H and O–H groups in total. The molecule has 2 amide bonds. The van der Waals surface area contributed by atoms with Crippen molar-refractivity contribution in [3.63, 3.8) is 0 Å². The molecule has 1 atom stereocenters. The molecule has 2 aromatic carbocycles. The quantitative estimate of drug-likeness (QED) is 0.639. The Morgan fingerprint density at radius 1 is 1.06 bits per heavy atom. The number of benzene rings is 2. The van der Waals surface area contributed by atoms with Gasteiger partial charge in [-0.2, -0.15) is 4.31 Å². The van der Waals surface area contributed by atoms with Gasteiger partial charge in [-0.3, -0.25) is 9.59 Å². The van der Waals surface area contributed by atoms with E-state index in [0.29, 0.717) is 24.9 Å². The van der Waals surface area contributed by atoms with Gasteiger partial charge in [-0.25, -0.2) is 8.42 Å². The van der Waals surface area contributed by atoms with Crippen LogP contribution in [0.4, 0.5) is 24.5 Å². The number of hydrogen-bond acceptors (Lipinski definition) is 5. The lowest BCUT2D eigenvalue weighted by Crippen LogP contribution is -2.41. The van der Waals surface area contributed by atoms with E-state index in [9.17, 15) is 31.2 Å². The summed E-state index contributed by atoms with van der Waals surface area (Å²) in [6, 6.07) is 9.57. The van der Waals surface area contributed by atoms with Gasteiger partial charge in [-0.15, -0.1) is 13.2 Å². The number of amides is 2. The van der Waals surface area contributed by atoms with E-state index in [4.69, 9.17) is 0 Å². The van der Waals surface area contributed by atoms with Crippen LogP contribution >= 0.6 is 0 Å². The molecule has 0 radical (unpaired) electrons. The number of alkyl halides is 3. The molecular formula is C24H26F3N3O5S. The summed E-state index contributed by atoms with van der Waals surface area (Å²) < 4.78 is 68.5. The Hall–Kier alpha value is -3.12. The first kappa shape index (κ1) is 26.0. The highest BCUT2D eigenvalue weighted by molar-refractivity contribution is 7.89. The van der Waals surface area contributed by atoms with Gasteiger partial charge in [0.2, 0.25) is 21.8 Å². The molecular weight excluding hydrogens is 499 g/mol. The standard InChI is InChI=1S/C24H26F3N3O5S/c1-15-13-18-14-21(7-8-22(18)30(15)16(2)31)36(33,34)29-11-9-17(10-12-29)23(32)28-19-3-5-20(6-4-19)35-24(25,26)27/h3-8,14-15,17H,9-13H2,1-2H3,(H,28,32)/t15-/m0/s1. The Bertz CT molecular complexity index is 1260. The van der Waals surface area contributed by atoms with Gasteiger partial charge in [-0.05, 0) is 74.2 Å². The van der Waals surface area contributed by atoms with Crippen LogP contribution in [-0.2, 0) is 26.0 Å². The van der Waals surface area contributed by atoms with E-state index >= 15 is 0 Å². The maximum atomic E-state index is 13.2. The average Bonchev–Trinajstić information content (AvgIpc) is 3.14. The van der Waals surface area contributed by atoms with E-state index in [2.05, 4.69) is 10.1 Å². The van der Waals surface area contributed by atoms with Crippen molar-refractivity contribution in [2.24, 2.45) is 5.92 Å². The fourth-order valence-electron chi connectivity index (χ4n) is 4.74. The minimum absolute atomic E-state index is 0.0434. The van der Waals surface area contributed by atoms with Crippen molar-refractivity contribution in [2.45, 2.75) is 50.4 Å². The summed E-state index contributed by atoms with van der Waals surface area (Å²) in [5.41, 5.74) is 1.85. The number of rotatable bonds is 5. The predicted octanol–water partition coefficient (Wildman–Crippen LogP) is 3.92. The third-order valence-corrected chi connectivity index (χ3v) is 8.32. The van der Waals surface area contributed by atoms with E-state index in [1.165, 1.54) is 29.4 Å². The maximum absolute atomic E-state index is 13.2. The van der Waals surface area contributed by atoms with Crippen molar-refractivity contribution < 1.29 is 35.9 Å². The molecule has 0 bridgehead atoms. The molecule has 12 heteroatoms. The molecule has 2 aliphatic heterocycles. The summed E-state index contributed by atoms with van der Waals surface area (Å²) in [4.78, 5) is 26.4. The Balaban J connectivity index is 1.36. The summed E-state index contributed by atoms with van der Waals surface area (Å²) in [6.45, 7) is 3.71. The van der Waals surface area contributed by atoms with Crippen LogP contribution in [0.15, 0.2) is 47.4 Å². The first-order chi connectivity index (χ1) is 16.8. The molecule has 0 aliphatic carbocycles. The number of carbonyl (C=O) groups is 2. The molecule has 1 saturated heterocycles. The largest absolute Gasteiger partial charge is 0.573 e. The summed E-state index contributed by atoms with van der Waals surface area (Å²) in [7, 11) is -3.77. The Labute approximate surface area is 207 Å². The number of carbonyl (C=O) groups excluding carboxylic acids is 2. The van der Waals surface area contributed by atoms with Crippen molar-refractivity contribution in [1.29, 1.82) is 0 Å². The molecule has 0 unspecified atom stereocenters. The zero-order valence-electron chi connectivity index (χ0n) is 19.7. The van der Waals surface area contributed by atoms with Crippen LogP contribution in [0.1, 0.15) is 32.3 Å². The van der Waals surface area contributed by atoms with Gasteiger partial charge in [0.25, 0.3) is 0 Å². The lowest BCUT2D eigenvalue weighted by atomic mass is 9.97. The number of anilines is 2. The Kier molecular flexibility index (Phi) is 7.02. The number of hydrogen-bond donors (Lipinski definition) is 1. The third-order valence-electron chi connectivity index (χ3n) is 6.42. The zero-order chi connectivity index (χ0) is 26.3. The number of fused-ring (bicyclic) bond motifs is 1. The number of nitrogens with one attached hydrogen (secondary N) is 1. The molecule has 2 heterocycles. The molecule has 0 aromatic heterocycles. The lowest BCUT2D eigenvalue weighted by Gasteiger charge is -2.30. The predicted molar refractivity (Wildman–Crippen MR) is 126 cm³/mol. The van der Waals surface area contributed by atoms with Crippen LogP contribution < -0.4 is 15.0 Å². The summed E-state index contributed by atoms with van der Waals surface area (Å²) in [6.07, 6.45) is -3.61. The van der Waals surface area contributed by atoms with Crippen LogP contribution in [0.2, 0.25) is 0 Å². The second kappa shape index (κ2) is 9.74. The van der Waals surface area contributed by atoms with Gasteiger partial charge in [0.1, 0.15) is 5.75 Å². The van der Waals surface area contributed by atoms with E-state index in [1.807, 2.05) is 6.92 Å². The highest BCUT2D eigenvalue weighted by atomic mass is 32.2. The fourth-order valence-corrected chi connectivity index (χ4v) is 6.26. The summed E-state index contributed by atoms with van der Waals surface area (Å²) in [5, 5.41) is 2.66. The van der Waals surface area contributed by atoms with Crippen molar-refractivity contribution in [2.75, 3.05) is 23.3 Å². The normalized spacial score (nSPS) is 19.1. The molecule has 4 rings (SSSR count). The molecule has 2 aliphatic rings. The summed E-state index contributed by atoms with van der Waals surface area (Å²) >= 11 is 0. The topological polar surface area (TPSA) is 96.0 Å². The highest BCUT2D eigenvalue weighted by Crippen LogP contribution is 2.35. The summed E-state index contributed by atoms with van der Waals surface area (Å²) in [5.74, 6) is -1.25. The van der Waals surface area contributed by atoms with Crippen molar-refractivity contribution in [3.8, 4) is 5.75 Å². The molecule has 36 heavy (non-hydrogen) atoms. The van der Waals surface area contributed by atoms with Gasteiger partial charge in [-0.1, -0.05) is 0 Å². The minimum Gasteiger partial charge on any atom is -0.406 e. The number of nitrogens with zero attached hydrogens (tertiary/aromatic N) is 2. The van der Waals surface area contributed by atoms with Gasteiger partial charge < -0.3 is 15.0 Å². The maximum Gasteiger partial charge on any atom is 0.573 e. The number of halogens is 3. The van der Waals surface area contributed by atoms with Gasteiger partial charge in [0, 0.05) is 43.3 Å². The fraction of sp³-hybridized carbons (Fsp3) is 0.417. The van der Waals surface area contributed by atoms with Crippen LogP contribution in [0.5, 0.6) is 5.75 Å². The smallest absolute Gasteiger partial charge is 0.406 e. The number of sulfonamides is 1. The van der Waals surface area contributed by atoms with Crippen LogP contribution in [-0.4, -0.2) is 50.0 Å².